The lowest BCUT2D eigenvalue weighted by molar-refractivity contribution is -0.143. The first-order valence-electron chi connectivity index (χ1n) is 9.22. The quantitative estimate of drug-likeness (QED) is 0.804. The van der Waals surface area contributed by atoms with Crippen LogP contribution in [0.15, 0.2) is 60.9 Å². The van der Waals surface area contributed by atoms with Crippen LogP contribution in [0.1, 0.15) is 35.4 Å². The number of rotatable bonds is 6. The second-order valence-electron chi connectivity index (χ2n) is 6.99. The van der Waals surface area contributed by atoms with Crippen molar-refractivity contribution in [2.45, 2.75) is 25.7 Å². The molecule has 3 rings (SSSR count). The maximum Gasteiger partial charge on any atom is 0.307 e. The molecule has 1 fully saturated rings. The van der Waals surface area contributed by atoms with Crippen LogP contribution in [0.5, 0.6) is 0 Å². The van der Waals surface area contributed by atoms with Crippen molar-refractivity contribution in [3.8, 4) is 0 Å². The number of aromatic nitrogens is 1. The minimum Gasteiger partial charge on any atom is -0.481 e. The van der Waals surface area contributed by atoms with Gasteiger partial charge in [0.05, 0.1) is 5.92 Å². The molecule has 0 radical (unpaired) electrons. The minimum absolute atomic E-state index is 0.157. The highest BCUT2D eigenvalue weighted by Crippen LogP contribution is 2.28. The highest BCUT2D eigenvalue weighted by molar-refractivity contribution is 5.70. The van der Waals surface area contributed by atoms with Gasteiger partial charge >= 0.3 is 5.97 Å². The number of pyridine rings is 1. The molecule has 0 saturated carbocycles. The molecule has 2 heterocycles. The number of hydrogen-bond acceptors (Lipinski definition) is 3. The Morgan fingerprint density at radius 2 is 2.19 bits per heavy atom. The lowest BCUT2D eigenvalue weighted by atomic mass is 9.89. The maximum absolute atomic E-state index is 11.2. The maximum atomic E-state index is 11.2. The third-order valence-corrected chi connectivity index (χ3v) is 5.11. The molecule has 0 bridgehead atoms. The van der Waals surface area contributed by atoms with Gasteiger partial charge in [0.25, 0.3) is 0 Å². The molecule has 1 aliphatic heterocycles. The summed E-state index contributed by atoms with van der Waals surface area (Å²) in [6, 6.07) is 12.5. The molecule has 1 aliphatic rings. The van der Waals surface area contributed by atoms with Gasteiger partial charge in [-0.05, 0) is 49.1 Å². The average Bonchev–Trinajstić information content (AvgIpc) is 2.67. The van der Waals surface area contributed by atoms with Crippen molar-refractivity contribution in [1.82, 2.24) is 9.88 Å². The minimum atomic E-state index is -0.674. The number of nitrogens with zero attached hydrogens (tertiary/aromatic N) is 2. The van der Waals surface area contributed by atoms with E-state index in [0.717, 1.165) is 25.9 Å². The Morgan fingerprint density at radius 3 is 2.92 bits per heavy atom. The number of piperidine rings is 1. The topological polar surface area (TPSA) is 53.4 Å². The summed E-state index contributed by atoms with van der Waals surface area (Å²) in [5, 5.41) is 9.25. The molecule has 4 nitrogen and oxygen atoms in total. The molecule has 0 spiro atoms. The molecular weight excluding hydrogens is 324 g/mol. The van der Waals surface area contributed by atoms with E-state index < -0.39 is 5.97 Å². The van der Waals surface area contributed by atoms with E-state index in [1.165, 1.54) is 16.7 Å². The van der Waals surface area contributed by atoms with E-state index in [4.69, 9.17) is 0 Å². The largest absolute Gasteiger partial charge is 0.481 e. The van der Waals surface area contributed by atoms with E-state index in [2.05, 4.69) is 59.3 Å². The zero-order chi connectivity index (χ0) is 18.4. The first-order chi connectivity index (χ1) is 12.6. The number of likely N-dealkylation sites (tertiary alicyclic amines) is 1. The molecule has 2 atom stereocenters. The molecule has 2 aromatic rings. The van der Waals surface area contributed by atoms with Crippen LogP contribution in [0.2, 0.25) is 0 Å². The summed E-state index contributed by atoms with van der Waals surface area (Å²) in [6.07, 6.45) is 9.86. The fourth-order valence-corrected chi connectivity index (χ4v) is 3.66. The van der Waals surface area contributed by atoms with Gasteiger partial charge in [-0.15, -0.1) is 0 Å². The summed E-state index contributed by atoms with van der Waals surface area (Å²) < 4.78 is 0. The lowest BCUT2D eigenvalue weighted by Crippen LogP contribution is -2.38. The van der Waals surface area contributed by atoms with E-state index in [1.807, 2.05) is 12.3 Å². The van der Waals surface area contributed by atoms with Crippen LogP contribution in [0, 0.1) is 12.8 Å². The van der Waals surface area contributed by atoms with Crippen LogP contribution >= 0.6 is 0 Å². The van der Waals surface area contributed by atoms with Gasteiger partial charge in [-0.1, -0.05) is 42.5 Å². The van der Waals surface area contributed by atoms with Crippen molar-refractivity contribution in [2.75, 3.05) is 19.6 Å². The predicted octanol–water partition coefficient (Wildman–Crippen LogP) is 3.87. The fraction of sp³-hybridized carbons (Fsp3) is 0.364. The van der Waals surface area contributed by atoms with Crippen LogP contribution in [0.25, 0.3) is 0 Å². The van der Waals surface area contributed by atoms with Crippen molar-refractivity contribution in [1.29, 1.82) is 0 Å². The van der Waals surface area contributed by atoms with Gasteiger partial charge in [0.2, 0.25) is 0 Å². The molecule has 4 heteroatoms. The number of aliphatic carboxylic acids is 1. The number of benzene rings is 1. The number of carboxylic acid groups (broad SMARTS) is 1. The summed E-state index contributed by atoms with van der Waals surface area (Å²) in [7, 11) is 0. The third-order valence-electron chi connectivity index (χ3n) is 5.11. The Kier molecular flexibility index (Phi) is 6.18. The second-order valence-corrected chi connectivity index (χ2v) is 6.99. The second kappa shape index (κ2) is 8.77. The first-order valence-corrected chi connectivity index (χ1v) is 9.22. The summed E-state index contributed by atoms with van der Waals surface area (Å²) >= 11 is 0. The molecule has 26 heavy (non-hydrogen) atoms. The molecule has 0 amide bonds. The average molecular weight is 350 g/mol. The predicted molar refractivity (Wildman–Crippen MR) is 103 cm³/mol. The first kappa shape index (κ1) is 18.3. The van der Waals surface area contributed by atoms with Gasteiger partial charge in [0, 0.05) is 31.4 Å². The van der Waals surface area contributed by atoms with Crippen molar-refractivity contribution in [3.63, 3.8) is 0 Å². The number of carboxylic acids is 1. The van der Waals surface area contributed by atoms with Crippen molar-refractivity contribution >= 4 is 5.97 Å². The molecule has 1 aromatic carbocycles. The van der Waals surface area contributed by atoms with Crippen LogP contribution in [0.4, 0.5) is 0 Å². The summed E-state index contributed by atoms with van der Waals surface area (Å²) in [5.74, 6) is -0.751. The van der Waals surface area contributed by atoms with Crippen molar-refractivity contribution in [2.24, 2.45) is 5.92 Å². The van der Waals surface area contributed by atoms with E-state index in [9.17, 15) is 9.90 Å². The van der Waals surface area contributed by atoms with E-state index >= 15 is 0 Å². The van der Waals surface area contributed by atoms with E-state index in [0.29, 0.717) is 6.54 Å². The Labute approximate surface area is 155 Å². The number of carbonyl (C=O) groups is 1. The lowest BCUT2D eigenvalue weighted by Gasteiger charge is -2.29. The van der Waals surface area contributed by atoms with Gasteiger partial charge < -0.3 is 5.11 Å². The number of hydrogen-bond donors (Lipinski definition) is 1. The summed E-state index contributed by atoms with van der Waals surface area (Å²) in [6.45, 7) is 4.53. The molecule has 1 aromatic heterocycles. The van der Waals surface area contributed by atoms with Gasteiger partial charge in [-0.2, -0.15) is 0 Å². The smallest absolute Gasteiger partial charge is 0.307 e. The highest BCUT2D eigenvalue weighted by atomic mass is 16.4. The molecule has 1 saturated heterocycles. The zero-order valence-corrected chi connectivity index (χ0v) is 15.2. The van der Waals surface area contributed by atoms with Crippen molar-refractivity contribution in [3.05, 3.63) is 77.6 Å². The van der Waals surface area contributed by atoms with Gasteiger partial charge in [0.15, 0.2) is 0 Å². The van der Waals surface area contributed by atoms with E-state index in [-0.39, 0.29) is 11.8 Å². The Morgan fingerprint density at radius 1 is 1.35 bits per heavy atom. The van der Waals surface area contributed by atoms with Crippen LogP contribution < -0.4 is 0 Å². The monoisotopic (exact) mass is 350 g/mol. The summed E-state index contributed by atoms with van der Waals surface area (Å²) in [5.41, 5.74) is 3.70. The van der Waals surface area contributed by atoms with Crippen LogP contribution in [-0.2, 0) is 4.79 Å². The normalized spacial score (nSPS) is 19.5. The molecule has 1 N–H and O–H groups in total. The molecule has 136 valence electrons. The number of aryl methyl sites for hydroxylation is 1. The molecular formula is C22H26N2O2. The third kappa shape index (κ3) is 4.58. The Hall–Kier alpha value is -2.46. The SMILES string of the molecule is Cc1ccccc1C(C=CCN1CCCC(C(=O)O)C1)c1cccnc1. The Bertz CT molecular complexity index is 758. The zero-order valence-electron chi connectivity index (χ0n) is 15.2. The van der Waals surface area contributed by atoms with Gasteiger partial charge in [-0.3, -0.25) is 14.7 Å². The van der Waals surface area contributed by atoms with Crippen LogP contribution in [-0.4, -0.2) is 40.6 Å². The van der Waals surface area contributed by atoms with Gasteiger partial charge in [-0.25, -0.2) is 0 Å². The number of allylic oxidation sites excluding steroid dienone is 1. The Balaban J connectivity index is 1.75. The highest BCUT2D eigenvalue weighted by Gasteiger charge is 2.24. The fourth-order valence-electron chi connectivity index (χ4n) is 3.66. The standard InChI is InChI=1S/C22H26N2O2/c1-17-7-2-3-10-20(17)21(18-8-4-12-23-15-18)11-6-14-24-13-5-9-19(16-24)22(25)26/h2-4,6-8,10-12,15,19,21H,5,9,13-14,16H2,1H3,(H,25,26). The molecule has 2 unspecified atom stereocenters. The summed E-state index contributed by atoms with van der Waals surface area (Å²) in [4.78, 5) is 17.7. The van der Waals surface area contributed by atoms with E-state index in [1.54, 1.807) is 6.20 Å². The molecule has 0 aliphatic carbocycles. The van der Waals surface area contributed by atoms with Crippen molar-refractivity contribution < 1.29 is 9.90 Å². The van der Waals surface area contributed by atoms with Gasteiger partial charge in [0.1, 0.15) is 0 Å². The van der Waals surface area contributed by atoms with Crippen LogP contribution in [0.3, 0.4) is 0 Å².